The number of ether oxygens (including phenoxy) is 1. The van der Waals surface area contributed by atoms with Crippen LogP contribution in [-0.2, 0) is 11.0 Å². The van der Waals surface area contributed by atoms with Crippen LogP contribution in [0.2, 0.25) is 0 Å². The van der Waals surface area contributed by atoms with Crippen molar-refractivity contribution < 1.29 is 27.5 Å². The Balaban J connectivity index is 1.53. The number of carbonyl (C=O) groups excluding carboxylic acids is 2. The number of rotatable bonds is 8. The highest BCUT2D eigenvalue weighted by Gasteiger charge is 2.30. The Morgan fingerprint density at radius 1 is 1.12 bits per heavy atom. The third kappa shape index (κ3) is 6.31. The van der Waals surface area contributed by atoms with Crippen LogP contribution in [0.5, 0.6) is 5.75 Å². The van der Waals surface area contributed by atoms with E-state index in [0.29, 0.717) is 29.6 Å². The number of hydrogen-bond donors (Lipinski definition) is 2. The number of halogens is 3. The molecule has 11 heteroatoms. The van der Waals surface area contributed by atoms with Gasteiger partial charge in [-0.1, -0.05) is 0 Å². The van der Waals surface area contributed by atoms with Gasteiger partial charge in [-0.2, -0.15) is 23.0 Å². The average molecular weight is 461 g/mol. The van der Waals surface area contributed by atoms with E-state index in [4.69, 9.17) is 4.74 Å². The third-order valence-electron chi connectivity index (χ3n) is 4.61. The number of amides is 2. The van der Waals surface area contributed by atoms with Gasteiger partial charge < -0.3 is 15.4 Å². The van der Waals surface area contributed by atoms with E-state index in [9.17, 15) is 22.8 Å². The van der Waals surface area contributed by atoms with Crippen LogP contribution in [0, 0.1) is 6.92 Å². The van der Waals surface area contributed by atoms with Gasteiger partial charge in [-0.3, -0.25) is 9.59 Å². The second-order valence-corrected chi connectivity index (χ2v) is 7.12. The van der Waals surface area contributed by atoms with Crippen LogP contribution in [0.4, 0.5) is 19.0 Å². The van der Waals surface area contributed by atoms with Crippen molar-refractivity contribution in [2.75, 3.05) is 19.0 Å². The maximum atomic E-state index is 12.8. The lowest BCUT2D eigenvalue weighted by Gasteiger charge is -2.10. The molecule has 0 aliphatic heterocycles. The lowest BCUT2D eigenvalue weighted by molar-refractivity contribution is -0.137. The average Bonchev–Trinajstić information content (AvgIpc) is 3.16. The number of nitrogens with one attached hydrogen (secondary N) is 2. The Kier molecular flexibility index (Phi) is 7.31. The largest absolute Gasteiger partial charge is 0.497 e. The van der Waals surface area contributed by atoms with Crippen LogP contribution >= 0.6 is 0 Å². The topological polar surface area (TPSA) is 98.1 Å². The normalized spacial score (nSPS) is 11.2. The van der Waals surface area contributed by atoms with E-state index in [1.807, 2.05) is 0 Å². The minimum absolute atomic E-state index is 0.119. The molecule has 0 aliphatic carbocycles. The molecule has 0 fully saturated rings. The van der Waals surface area contributed by atoms with Gasteiger partial charge in [0, 0.05) is 30.8 Å². The van der Waals surface area contributed by atoms with Crippen LogP contribution in [0.15, 0.2) is 48.7 Å². The quantitative estimate of drug-likeness (QED) is 0.498. The fourth-order valence-electron chi connectivity index (χ4n) is 2.94. The fraction of sp³-hybridized carbons (Fsp3) is 0.273. The summed E-state index contributed by atoms with van der Waals surface area (Å²) in [5, 5.41) is 9.60. The van der Waals surface area contributed by atoms with Gasteiger partial charge in [-0.25, -0.2) is 4.98 Å². The molecular formula is C22H22F3N5O3. The summed E-state index contributed by atoms with van der Waals surface area (Å²) in [6, 6.07) is 10.3. The van der Waals surface area contributed by atoms with E-state index in [1.165, 1.54) is 17.9 Å². The monoisotopic (exact) mass is 461 g/mol. The van der Waals surface area contributed by atoms with Gasteiger partial charge in [0.2, 0.25) is 5.91 Å². The molecule has 2 aromatic heterocycles. The number of aromatic nitrogens is 3. The van der Waals surface area contributed by atoms with E-state index in [2.05, 4.69) is 20.7 Å². The summed E-state index contributed by atoms with van der Waals surface area (Å²) in [7, 11) is 1.54. The molecule has 0 atom stereocenters. The standard InChI is InChI=1S/C22H22F3N5O3/c1-14-12-19(30(29-14)18-10-7-16(13-27-18)22(23,24)25)28-20(31)4-3-11-26-21(32)15-5-8-17(33-2)9-6-15/h5-10,12-13H,3-4,11H2,1-2H3,(H,26,32)(H,28,31). The van der Waals surface area contributed by atoms with Crippen LogP contribution in [0.25, 0.3) is 5.82 Å². The molecule has 0 saturated carbocycles. The van der Waals surface area contributed by atoms with E-state index >= 15 is 0 Å². The molecule has 3 aromatic rings. The summed E-state index contributed by atoms with van der Waals surface area (Å²) < 4.78 is 44.6. The Bertz CT molecular complexity index is 1110. The van der Waals surface area contributed by atoms with Crippen molar-refractivity contribution in [1.82, 2.24) is 20.1 Å². The summed E-state index contributed by atoms with van der Waals surface area (Å²) in [4.78, 5) is 28.3. The minimum atomic E-state index is -4.49. The highest BCUT2D eigenvalue weighted by molar-refractivity contribution is 5.94. The molecule has 0 bridgehead atoms. The van der Waals surface area contributed by atoms with E-state index in [-0.39, 0.29) is 36.4 Å². The van der Waals surface area contributed by atoms with Crippen LogP contribution < -0.4 is 15.4 Å². The minimum Gasteiger partial charge on any atom is -0.497 e. The van der Waals surface area contributed by atoms with Crippen LogP contribution in [-0.4, -0.2) is 40.2 Å². The molecule has 2 amide bonds. The molecule has 1 aromatic carbocycles. The molecule has 2 N–H and O–H groups in total. The first-order chi connectivity index (χ1) is 15.7. The number of alkyl halides is 3. The third-order valence-corrected chi connectivity index (χ3v) is 4.61. The molecule has 8 nitrogen and oxygen atoms in total. The Morgan fingerprint density at radius 3 is 2.45 bits per heavy atom. The second kappa shape index (κ2) is 10.2. The fourth-order valence-corrected chi connectivity index (χ4v) is 2.94. The molecular weight excluding hydrogens is 439 g/mol. The Morgan fingerprint density at radius 2 is 1.85 bits per heavy atom. The zero-order valence-corrected chi connectivity index (χ0v) is 17.9. The molecule has 0 unspecified atom stereocenters. The van der Waals surface area contributed by atoms with Crippen molar-refractivity contribution in [2.45, 2.75) is 25.9 Å². The van der Waals surface area contributed by atoms with Crippen molar-refractivity contribution in [3.63, 3.8) is 0 Å². The lowest BCUT2D eigenvalue weighted by Crippen LogP contribution is -2.25. The first kappa shape index (κ1) is 23.8. The van der Waals surface area contributed by atoms with E-state index < -0.39 is 11.7 Å². The summed E-state index contributed by atoms with van der Waals surface area (Å²) in [5.74, 6) is 0.469. The number of hydrogen-bond acceptors (Lipinski definition) is 5. The Hall–Kier alpha value is -3.89. The number of pyridine rings is 1. The van der Waals surface area contributed by atoms with Gasteiger partial charge in [-0.15, -0.1) is 0 Å². The van der Waals surface area contributed by atoms with Gasteiger partial charge in [0.05, 0.1) is 18.4 Å². The maximum absolute atomic E-state index is 12.8. The number of methoxy groups -OCH3 is 1. The van der Waals surface area contributed by atoms with Gasteiger partial charge in [-0.05, 0) is 49.7 Å². The van der Waals surface area contributed by atoms with Crippen molar-refractivity contribution in [2.24, 2.45) is 0 Å². The molecule has 0 aliphatic rings. The number of benzene rings is 1. The number of carbonyl (C=O) groups is 2. The summed E-state index contributed by atoms with van der Waals surface area (Å²) in [6.45, 7) is 1.97. The van der Waals surface area contributed by atoms with E-state index in [0.717, 1.165) is 6.07 Å². The van der Waals surface area contributed by atoms with Crippen molar-refractivity contribution in [3.05, 3.63) is 65.5 Å². The van der Waals surface area contributed by atoms with Gasteiger partial charge >= 0.3 is 6.18 Å². The SMILES string of the molecule is COc1ccc(C(=O)NCCCC(=O)Nc2cc(C)nn2-c2ccc(C(F)(F)F)cn2)cc1. The lowest BCUT2D eigenvalue weighted by atomic mass is 10.2. The van der Waals surface area contributed by atoms with E-state index in [1.54, 1.807) is 37.3 Å². The van der Waals surface area contributed by atoms with Gasteiger partial charge in [0.25, 0.3) is 5.91 Å². The molecule has 2 heterocycles. The predicted molar refractivity (Wildman–Crippen MR) is 114 cm³/mol. The zero-order valence-electron chi connectivity index (χ0n) is 17.9. The smallest absolute Gasteiger partial charge is 0.417 e. The van der Waals surface area contributed by atoms with Crippen LogP contribution in [0.1, 0.15) is 34.5 Å². The van der Waals surface area contributed by atoms with Crippen LogP contribution in [0.3, 0.4) is 0 Å². The number of anilines is 1. The van der Waals surface area contributed by atoms with Crippen molar-refractivity contribution >= 4 is 17.6 Å². The molecule has 0 radical (unpaired) electrons. The van der Waals surface area contributed by atoms with Gasteiger partial charge in [0.15, 0.2) is 5.82 Å². The number of nitrogens with zero attached hydrogens (tertiary/aromatic N) is 3. The molecule has 0 spiro atoms. The van der Waals surface area contributed by atoms with Gasteiger partial charge in [0.1, 0.15) is 11.6 Å². The predicted octanol–water partition coefficient (Wildman–Crippen LogP) is 3.75. The Labute approximate surface area is 187 Å². The molecule has 33 heavy (non-hydrogen) atoms. The highest BCUT2D eigenvalue weighted by Crippen LogP contribution is 2.29. The second-order valence-electron chi connectivity index (χ2n) is 7.12. The summed E-state index contributed by atoms with van der Waals surface area (Å²) >= 11 is 0. The highest BCUT2D eigenvalue weighted by atomic mass is 19.4. The molecule has 174 valence electrons. The first-order valence-corrected chi connectivity index (χ1v) is 10.00. The summed E-state index contributed by atoms with van der Waals surface area (Å²) in [5.41, 5.74) is 0.153. The molecule has 0 saturated heterocycles. The maximum Gasteiger partial charge on any atom is 0.417 e. The molecule has 3 rings (SSSR count). The van der Waals surface area contributed by atoms with Crippen molar-refractivity contribution in [1.29, 1.82) is 0 Å². The zero-order chi connectivity index (χ0) is 24.0. The first-order valence-electron chi connectivity index (χ1n) is 10.00. The van der Waals surface area contributed by atoms with Crippen molar-refractivity contribution in [3.8, 4) is 11.6 Å². The number of aryl methyl sites for hydroxylation is 1. The summed E-state index contributed by atoms with van der Waals surface area (Å²) in [6.07, 6.45) is -3.28.